The molecular formula is C13H24O4. The second-order valence-corrected chi connectivity index (χ2v) is 5.16. The van der Waals surface area contributed by atoms with Crippen molar-refractivity contribution in [3.63, 3.8) is 0 Å². The number of esters is 1. The van der Waals surface area contributed by atoms with Gasteiger partial charge in [-0.25, -0.2) is 14.6 Å². The summed E-state index contributed by atoms with van der Waals surface area (Å²) in [6.07, 6.45) is 2.56. The fourth-order valence-electron chi connectivity index (χ4n) is 0.783. The van der Waals surface area contributed by atoms with Gasteiger partial charge in [0.25, 0.3) is 0 Å². The van der Waals surface area contributed by atoms with Gasteiger partial charge in [-0.2, -0.15) is 0 Å². The summed E-state index contributed by atoms with van der Waals surface area (Å²) in [7, 11) is 0. The number of hydrogen-bond donors (Lipinski definition) is 0. The molecule has 0 amide bonds. The highest BCUT2D eigenvalue weighted by Gasteiger charge is 2.25. The van der Waals surface area contributed by atoms with E-state index < -0.39 is 11.6 Å². The molecule has 0 saturated heterocycles. The second kappa shape index (κ2) is 6.77. The predicted molar refractivity (Wildman–Crippen MR) is 66.4 cm³/mol. The molecule has 0 aliphatic carbocycles. The Balaban J connectivity index is 3.95. The number of hydrogen-bond acceptors (Lipinski definition) is 4. The van der Waals surface area contributed by atoms with Crippen LogP contribution >= 0.6 is 0 Å². The summed E-state index contributed by atoms with van der Waals surface area (Å²) in [4.78, 5) is 21.6. The van der Waals surface area contributed by atoms with Crippen LogP contribution in [0.2, 0.25) is 0 Å². The van der Waals surface area contributed by atoms with Crippen LogP contribution in [0.3, 0.4) is 0 Å². The van der Waals surface area contributed by atoms with E-state index in [1.54, 1.807) is 0 Å². The fraction of sp³-hybridized carbons (Fsp3) is 0.769. The van der Waals surface area contributed by atoms with Gasteiger partial charge in [-0.05, 0) is 34.1 Å². The van der Waals surface area contributed by atoms with Gasteiger partial charge in [-0.3, -0.25) is 0 Å². The van der Waals surface area contributed by atoms with Crippen LogP contribution in [0.5, 0.6) is 0 Å². The van der Waals surface area contributed by atoms with Gasteiger partial charge in [0.2, 0.25) is 0 Å². The summed E-state index contributed by atoms with van der Waals surface area (Å²) in [6, 6.07) is 0. The Hall–Kier alpha value is -0.870. The van der Waals surface area contributed by atoms with E-state index in [1.165, 1.54) is 0 Å². The van der Waals surface area contributed by atoms with E-state index in [4.69, 9.17) is 14.5 Å². The highest BCUT2D eigenvalue weighted by Crippen LogP contribution is 2.21. The minimum atomic E-state index is -0.492. The topological polar surface area (TPSA) is 44.8 Å². The molecule has 17 heavy (non-hydrogen) atoms. The maximum Gasteiger partial charge on any atom is 0.330 e. The minimum absolute atomic E-state index is 0.285. The molecular weight excluding hydrogens is 220 g/mol. The largest absolute Gasteiger partial charge is 0.462 e. The van der Waals surface area contributed by atoms with Gasteiger partial charge >= 0.3 is 5.97 Å². The molecule has 0 N–H and O–H groups in total. The van der Waals surface area contributed by atoms with E-state index in [0.29, 0.717) is 6.42 Å². The first-order chi connectivity index (χ1) is 7.72. The molecule has 0 fully saturated rings. The summed E-state index contributed by atoms with van der Waals surface area (Å²) in [5.41, 5.74) is -0.803. The van der Waals surface area contributed by atoms with Gasteiger partial charge in [0.1, 0.15) is 5.60 Å². The molecule has 4 heteroatoms. The highest BCUT2D eigenvalue weighted by atomic mass is 17.2. The molecule has 0 unspecified atom stereocenters. The lowest BCUT2D eigenvalue weighted by atomic mass is 10.1. The summed E-state index contributed by atoms with van der Waals surface area (Å²) >= 11 is 0. The van der Waals surface area contributed by atoms with Gasteiger partial charge in [0.15, 0.2) is 0 Å². The van der Waals surface area contributed by atoms with Crippen molar-refractivity contribution in [2.24, 2.45) is 0 Å². The van der Waals surface area contributed by atoms with Crippen LogP contribution < -0.4 is 0 Å². The molecule has 0 heterocycles. The lowest BCUT2D eigenvalue weighted by molar-refractivity contribution is -0.402. The lowest BCUT2D eigenvalue weighted by Crippen LogP contribution is -2.33. The van der Waals surface area contributed by atoms with E-state index in [9.17, 15) is 4.79 Å². The SMILES string of the molecule is C=CC(=O)OCCC(C)(C)OOC(C)(C)CC. The number of rotatable bonds is 8. The Morgan fingerprint density at radius 2 is 1.71 bits per heavy atom. The molecule has 0 aliphatic rings. The van der Waals surface area contributed by atoms with Crippen molar-refractivity contribution in [3.8, 4) is 0 Å². The molecule has 4 nitrogen and oxygen atoms in total. The van der Waals surface area contributed by atoms with Gasteiger partial charge in [-0.15, -0.1) is 0 Å². The maximum atomic E-state index is 10.8. The first-order valence-electron chi connectivity index (χ1n) is 5.88. The fourth-order valence-corrected chi connectivity index (χ4v) is 0.783. The summed E-state index contributed by atoms with van der Waals surface area (Å²) in [6.45, 7) is 13.3. The first kappa shape index (κ1) is 16.1. The molecule has 0 rings (SSSR count). The number of carbonyl (C=O) groups is 1. The van der Waals surface area contributed by atoms with Gasteiger partial charge in [0.05, 0.1) is 12.2 Å². The van der Waals surface area contributed by atoms with E-state index >= 15 is 0 Å². The third kappa shape index (κ3) is 7.94. The lowest BCUT2D eigenvalue weighted by Gasteiger charge is -2.29. The first-order valence-corrected chi connectivity index (χ1v) is 5.88. The predicted octanol–water partition coefficient (Wildman–Crippen LogP) is 3.02. The van der Waals surface area contributed by atoms with Crippen LogP contribution in [-0.2, 0) is 19.3 Å². The van der Waals surface area contributed by atoms with Crippen molar-refractivity contribution >= 4 is 5.97 Å². The van der Waals surface area contributed by atoms with Crippen LogP contribution in [0.15, 0.2) is 12.7 Å². The highest BCUT2D eigenvalue weighted by molar-refractivity contribution is 5.81. The van der Waals surface area contributed by atoms with Crippen LogP contribution in [0.25, 0.3) is 0 Å². The quantitative estimate of drug-likeness (QED) is 0.285. The standard InChI is InChI=1S/C13H24O4/c1-7-11(14)15-10-9-13(5,6)17-16-12(3,4)8-2/h7H,1,8-10H2,2-6H3. The molecule has 0 aromatic heterocycles. The zero-order chi connectivity index (χ0) is 13.5. The van der Waals surface area contributed by atoms with E-state index in [2.05, 4.69) is 6.58 Å². The Kier molecular flexibility index (Phi) is 6.42. The normalized spacial score (nSPS) is 12.3. The Bertz CT molecular complexity index is 256. The van der Waals surface area contributed by atoms with Gasteiger partial charge in [-0.1, -0.05) is 13.5 Å². The van der Waals surface area contributed by atoms with Crippen molar-refractivity contribution in [2.45, 2.75) is 58.7 Å². The van der Waals surface area contributed by atoms with Crippen LogP contribution in [0.4, 0.5) is 0 Å². The summed E-state index contributed by atoms with van der Waals surface area (Å²) in [5, 5.41) is 0. The van der Waals surface area contributed by atoms with E-state index in [1.807, 2.05) is 34.6 Å². The average molecular weight is 244 g/mol. The smallest absolute Gasteiger partial charge is 0.330 e. The Morgan fingerprint density at radius 3 is 2.18 bits per heavy atom. The molecule has 0 aromatic carbocycles. The molecule has 0 saturated carbocycles. The van der Waals surface area contributed by atoms with E-state index in [-0.39, 0.29) is 12.2 Å². The second-order valence-electron chi connectivity index (χ2n) is 5.16. The number of ether oxygens (including phenoxy) is 1. The monoisotopic (exact) mass is 244 g/mol. The summed E-state index contributed by atoms with van der Waals surface area (Å²) < 4.78 is 4.89. The average Bonchev–Trinajstić information content (AvgIpc) is 2.26. The molecule has 0 atom stereocenters. The summed E-state index contributed by atoms with van der Waals surface area (Å²) in [5.74, 6) is -0.421. The Morgan fingerprint density at radius 1 is 1.18 bits per heavy atom. The molecule has 0 aromatic rings. The number of carbonyl (C=O) groups excluding carboxylic acids is 1. The van der Waals surface area contributed by atoms with Crippen LogP contribution in [0.1, 0.15) is 47.5 Å². The zero-order valence-corrected chi connectivity index (χ0v) is 11.5. The van der Waals surface area contributed by atoms with Gasteiger partial charge in [0, 0.05) is 12.5 Å². The zero-order valence-electron chi connectivity index (χ0n) is 11.5. The maximum absolute atomic E-state index is 10.8. The van der Waals surface area contributed by atoms with Gasteiger partial charge < -0.3 is 4.74 Å². The third-order valence-electron chi connectivity index (χ3n) is 2.46. The third-order valence-corrected chi connectivity index (χ3v) is 2.46. The minimum Gasteiger partial charge on any atom is -0.462 e. The molecule has 0 spiro atoms. The molecule has 0 aliphatic heterocycles. The van der Waals surface area contributed by atoms with E-state index in [0.717, 1.165) is 12.5 Å². The van der Waals surface area contributed by atoms with Crippen molar-refractivity contribution in [1.82, 2.24) is 0 Å². The van der Waals surface area contributed by atoms with Crippen molar-refractivity contribution in [1.29, 1.82) is 0 Å². The Labute approximate surface area is 104 Å². The van der Waals surface area contributed by atoms with Crippen LogP contribution in [0, 0.1) is 0 Å². The van der Waals surface area contributed by atoms with Crippen LogP contribution in [-0.4, -0.2) is 23.8 Å². The van der Waals surface area contributed by atoms with Crippen molar-refractivity contribution < 1.29 is 19.3 Å². The molecule has 100 valence electrons. The molecule has 0 radical (unpaired) electrons. The molecule has 0 bridgehead atoms. The van der Waals surface area contributed by atoms with Crippen molar-refractivity contribution in [2.75, 3.05) is 6.61 Å². The van der Waals surface area contributed by atoms with Crippen molar-refractivity contribution in [3.05, 3.63) is 12.7 Å².